The third-order valence-electron chi connectivity index (χ3n) is 5.51. The van der Waals surface area contributed by atoms with Gasteiger partial charge in [-0.3, -0.25) is 10.1 Å². The van der Waals surface area contributed by atoms with Crippen LogP contribution >= 0.6 is 36.2 Å². The van der Waals surface area contributed by atoms with Gasteiger partial charge in [-0.15, -0.1) is 12.8 Å². The van der Waals surface area contributed by atoms with E-state index in [1.54, 1.807) is 12.4 Å². The summed E-state index contributed by atoms with van der Waals surface area (Å²) in [5, 5.41) is 5.47. The summed E-state index contributed by atoms with van der Waals surface area (Å²) in [6.07, 6.45) is 13.3. The lowest BCUT2D eigenvalue weighted by Gasteiger charge is -2.39. The zero-order valence-corrected chi connectivity index (χ0v) is 17.6. The van der Waals surface area contributed by atoms with Crippen molar-refractivity contribution in [2.75, 3.05) is 23.7 Å². The van der Waals surface area contributed by atoms with Gasteiger partial charge in [0.25, 0.3) is 0 Å². The Balaban J connectivity index is 0.00000102. The van der Waals surface area contributed by atoms with Gasteiger partial charge >= 0.3 is 0 Å². The quantitative estimate of drug-likeness (QED) is 0.635. The third-order valence-corrected chi connectivity index (χ3v) is 7.00. The Morgan fingerprint density at radius 2 is 1.81 bits per heavy atom. The first kappa shape index (κ1) is 20.5. The first-order valence-electron chi connectivity index (χ1n) is 9.06. The van der Waals surface area contributed by atoms with Crippen molar-refractivity contribution >= 4 is 47.8 Å². The SMILES string of the molecule is NS.Nc1nc(N2CCC3(CCCC3)CC2)cnc1Sc1ccncc1Cl. The Morgan fingerprint density at radius 1 is 1.11 bits per heavy atom. The predicted molar refractivity (Wildman–Crippen MR) is 115 cm³/mol. The van der Waals surface area contributed by atoms with Gasteiger partial charge < -0.3 is 10.6 Å². The molecule has 1 spiro atoms. The van der Waals surface area contributed by atoms with E-state index < -0.39 is 0 Å². The van der Waals surface area contributed by atoms with Crippen molar-refractivity contribution in [1.29, 1.82) is 0 Å². The zero-order valence-electron chi connectivity index (χ0n) is 15.1. The number of nitrogens with two attached hydrogens (primary N) is 2. The molecule has 1 aliphatic carbocycles. The number of halogens is 1. The first-order chi connectivity index (χ1) is 13.2. The molecule has 6 nitrogen and oxygen atoms in total. The minimum absolute atomic E-state index is 0.455. The summed E-state index contributed by atoms with van der Waals surface area (Å²) in [6, 6.07) is 1.85. The highest BCUT2D eigenvalue weighted by Gasteiger charge is 2.37. The number of rotatable bonds is 3. The minimum Gasteiger partial charge on any atom is -0.381 e. The van der Waals surface area contributed by atoms with Crippen LogP contribution in [0.3, 0.4) is 0 Å². The van der Waals surface area contributed by atoms with Crippen molar-refractivity contribution in [3.8, 4) is 0 Å². The van der Waals surface area contributed by atoms with E-state index in [2.05, 4.69) is 37.8 Å². The molecular formula is C18H25ClN6S2. The average Bonchev–Trinajstić information content (AvgIpc) is 3.15. The number of thiol groups is 1. The molecule has 4 rings (SSSR count). The van der Waals surface area contributed by atoms with Crippen LogP contribution in [0.4, 0.5) is 11.6 Å². The van der Waals surface area contributed by atoms with Gasteiger partial charge in [0.2, 0.25) is 0 Å². The predicted octanol–water partition coefficient (Wildman–Crippen LogP) is 4.21. The third kappa shape index (κ3) is 4.80. The Bertz CT molecular complexity index is 759. The molecule has 0 bridgehead atoms. The van der Waals surface area contributed by atoms with Crippen molar-refractivity contribution in [1.82, 2.24) is 15.0 Å². The topological polar surface area (TPSA) is 94.0 Å². The Kier molecular flexibility index (Phi) is 7.08. The Morgan fingerprint density at radius 3 is 2.44 bits per heavy atom. The fraction of sp³-hybridized carbons (Fsp3) is 0.500. The lowest BCUT2D eigenvalue weighted by atomic mass is 9.77. The summed E-state index contributed by atoms with van der Waals surface area (Å²) in [7, 11) is 0. The number of anilines is 2. The van der Waals surface area contributed by atoms with E-state index in [1.807, 2.05) is 12.3 Å². The number of nitrogens with zero attached hydrogens (tertiary/aromatic N) is 4. The molecule has 0 unspecified atom stereocenters. The highest BCUT2D eigenvalue weighted by molar-refractivity contribution is 7.99. The largest absolute Gasteiger partial charge is 0.381 e. The fourth-order valence-electron chi connectivity index (χ4n) is 4.00. The summed E-state index contributed by atoms with van der Waals surface area (Å²) in [5.74, 6) is 1.34. The van der Waals surface area contributed by atoms with Gasteiger partial charge in [-0.1, -0.05) is 36.2 Å². The van der Waals surface area contributed by atoms with E-state index in [9.17, 15) is 0 Å². The van der Waals surface area contributed by atoms with Gasteiger partial charge in [0, 0.05) is 30.4 Å². The molecule has 2 fully saturated rings. The molecule has 1 saturated heterocycles. The first-order valence-corrected chi connectivity index (χ1v) is 10.8. The van der Waals surface area contributed by atoms with Gasteiger partial charge in [-0.25, -0.2) is 9.97 Å². The Labute approximate surface area is 175 Å². The highest BCUT2D eigenvalue weighted by atomic mass is 35.5. The maximum Gasteiger partial charge on any atom is 0.158 e. The monoisotopic (exact) mass is 424 g/mol. The number of aromatic nitrogens is 3. The standard InChI is InChI=1S/C18H22ClN5S.H3NS/c19-13-11-21-8-3-14(13)25-17-16(20)23-15(12-22-17)24-9-6-18(7-10-24)4-1-2-5-18;1-2/h3,8,11-12H,1-2,4-7,9-10H2,(H2,20,23);2H,1H2. The van der Waals surface area contributed by atoms with E-state index in [0.717, 1.165) is 23.8 Å². The maximum absolute atomic E-state index is 6.16. The molecule has 4 N–H and O–H groups in total. The molecule has 0 amide bonds. The summed E-state index contributed by atoms with van der Waals surface area (Å²) in [6.45, 7) is 2.10. The zero-order chi connectivity index (χ0) is 19.3. The highest BCUT2D eigenvalue weighted by Crippen LogP contribution is 2.46. The van der Waals surface area contributed by atoms with Crippen LogP contribution in [-0.2, 0) is 0 Å². The lowest BCUT2D eigenvalue weighted by molar-refractivity contribution is 0.226. The maximum atomic E-state index is 6.16. The molecule has 2 aromatic heterocycles. The van der Waals surface area contributed by atoms with E-state index in [1.165, 1.54) is 50.3 Å². The van der Waals surface area contributed by atoms with Crippen molar-refractivity contribution in [2.45, 2.75) is 48.4 Å². The van der Waals surface area contributed by atoms with Gasteiger partial charge in [0.05, 0.1) is 11.2 Å². The molecular weight excluding hydrogens is 400 g/mol. The second kappa shape index (κ2) is 9.32. The van der Waals surface area contributed by atoms with Crippen LogP contribution in [0.5, 0.6) is 0 Å². The molecule has 27 heavy (non-hydrogen) atoms. The van der Waals surface area contributed by atoms with E-state index in [-0.39, 0.29) is 0 Å². The molecule has 2 aliphatic rings. The second-order valence-electron chi connectivity index (χ2n) is 7.02. The lowest BCUT2D eigenvalue weighted by Crippen LogP contribution is -2.39. The van der Waals surface area contributed by atoms with E-state index in [4.69, 9.17) is 17.3 Å². The van der Waals surface area contributed by atoms with Crippen LogP contribution in [0.15, 0.2) is 34.6 Å². The van der Waals surface area contributed by atoms with Crippen LogP contribution in [0, 0.1) is 5.41 Å². The van der Waals surface area contributed by atoms with Crippen molar-refractivity contribution in [3.63, 3.8) is 0 Å². The second-order valence-corrected chi connectivity index (χ2v) is 8.46. The summed E-state index contributed by atoms with van der Waals surface area (Å²) < 4.78 is 0. The van der Waals surface area contributed by atoms with Crippen LogP contribution in [0.2, 0.25) is 5.02 Å². The molecule has 9 heteroatoms. The number of nitrogen functional groups attached to an aromatic ring is 1. The molecule has 2 aromatic rings. The van der Waals surface area contributed by atoms with Gasteiger partial charge in [0.1, 0.15) is 10.8 Å². The van der Waals surface area contributed by atoms with Gasteiger partial charge in [-0.05, 0) is 37.2 Å². The molecule has 0 aromatic carbocycles. The molecule has 0 radical (unpaired) electrons. The van der Waals surface area contributed by atoms with E-state index >= 15 is 0 Å². The molecule has 0 atom stereocenters. The number of pyridine rings is 1. The number of hydrogen-bond donors (Lipinski definition) is 3. The van der Waals surface area contributed by atoms with Crippen LogP contribution in [-0.4, -0.2) is 28.0 Å². The smallest absolute Gasteiger partial charge is 0.158 e. The summed E-state index contributed by atoms with van der Waals surface area (Å²) >= 11 is 10.6. The fourth-order valence-corrected chi connectivity index (χ4v) is 4.98. The molecule has 1 saturated carbocycles. The average molecular weight is 425 g/mol. The van der Waals surface area contributed by atoms with Gasteiger partial charge in [-0.2, -0.15) is 0 Å². The molecule has 146 valence electrons. The molecule has 3 heterocycles. The van der Waals surface area contributed by atoms with Crippen molar-refractivity contribution in [3.05, 3.63) is 29.7 Å². The number of piperidine rings is 1. The normalized spacial score (nSPS) is 18.3. The summed E-state index contributed by atoms with van der Waals surface area (Å²) in [5.41, 5.74) is 6.76. The summed E-state index contributed by atoms with van der Waals surface area (Å²) in [4.78, 5) is 16.3. The van der Waals surface area contributed by atoms with Crippen molar-refractivity contribution < 1.29 is 0 Å². The minimum atomic E-state index is 0.455. The molecule has 1 aliphatic heterocycles. The Hall–Kier alpha value is -1.22. The van der Waals surface area contributed by atoms with Crippen molar-refractivity contribution in [2.24, 2.45) is 10.6 Å². The van der Waals surface area contributed by atoms with Crippen LogP contribution in [0.25, 0.3) is 0 Å². The van der Waals surface area contributed by atoms with Crippen LogP contribution in [0.1, 0.15) is 38.5 Å². The number of hydrogen-bond acceptors (Lipinski definition) is 8. The van der Waals surface area contributed by atoms with E-state index in [0.29, 0.717) is 21.3 Å². The van der Waals surface area contributed by atoms with Crippen LogP contribution < -0.4 is 15.8 Å². The van der Waals surface area contributed by atoms with Gasteiger partial charge in [0.15, 0.2) is 5.82 Å².